The highest BCUT2D eigenvalue weighted by Crippen LogP contribution is 2.25. The van der Waals surface area contributed by atoms with E-state index in [1.54, 1.807) is 25.1 Å². The number of rotatable bonds is 7. The first-order valence-corrected chi connectivity index (χ1v) is 8.13. The van der Waals surface area contributed by atoms with Crippen molar-refractivity contribution < 1.29 is 13.9 Å². The number of anilines is 2. The van der Waals surface area contributed by atoms with Crippen LogP contribution in [0.1, 0.15) is 35.8 Å². The molecule has 0 radical (unpaired) electrons. The van der Waals surface area contributed by atoms with Gasteiger partial charge >= 0.3 is 0 Å². The third-order valence-electron chi connectivity index (χ3n) is 3.46. The lowest BCUT2D eigenvalue weighted by Gasteiger charge is -2.11. The van der Waals surface area contributed by atoms with Crippen LogP contribution in [0.5, 0.6) is 5.75 Å². The Labute approximate surface area is 146 Å². The Kier molecular flexibility index (Phi) is 6.51. The number of hydrogen-bond acceptors (Lipinski definition) is 4. The predicted octanol–water partition coefficient (Wildman–Crippen LogP) is 4.10. The fourth-order valence-corrected chi connectivity index (χ4v) is 2.20. The van der Waals surface area contributed by atoms with Gasteiger partial charge in [0.05, 0.1) is 17.9 Å². The monoisotopic (exact) mass is 343 g/mol. The Balaban J connectivity index is 2.08. The van der Waals surface area contributed by atoms with E-state index in [9.17, 15) is 9.18 Å². The minimum atomic E-state index is -0.617. The Morgan fingerprint density at radius 3 is 2.84 bits per heavy atom. The molecule has 0 saturated carbocycles. The predicted molar refractivity (Wildman–Crippen MR) is 97.3 cm³/mol. The number of carbonyl (C=O) groups excluding carboxylic acids is 1. The Hall–Kier alpha value is -2.89. The topological polar surface area (TPSA) is 77.2 Å². The average molecular weight is 343 g/mol. The standard InChI is InChI=1S/C19H22FN3O2/c1-3-4-5-6-12-25-16-9-7-8-15(17(16)20)23-19(24)14-11-10-13(2)22-18(14)21/h4-5,7-11H,3,6,12H2,1-2H3,(H2,21,22)(H,23,24). The van der Waals surface area contributed by atoms with Crippen molar-refractivity contribution >= 4 is 17.4 Å². The molecule has 0 atom stereocenters. The second kappa shape index (κ2) is 8.82. The lowest BCUT2D eigenvalue weighted by atomic mass is 10.2. The van der Waals surface area contributed by atoms with E-state index in [2.05, 4.69) is 10.3 Å². The van der Waals surface area contributed by atoms with E-state index in [1.807, 2.05) is 19.1 Å². The summed E-state index contributed by atoms with van der Waals surface area (Å²) in [6, 6.07) is 7.84. The number of amides is 1. The van der Waals surface area contributed by atoms with Crippen LogP contribution >= 0.6 is 0 Å². The number of nitrogen functional groups attached to an aromatic ring is 1. The number of ether oxygens (including phenoxy) is 1. The van der Waals surface area contributed by atoms with Crippen molar-refractivity contribution in [1.82, 2.24) is 4.98 Å². The molecular formula is C19H22FN3O2. The van der Waals surface area contributed by atoms with Gasteiger partial charge in [0.15, 0.2) is 11.6 Å². The van der Waals surface area contributed by atoms with Crippen molar-refractivity contribution in [3.8, 4) is 5.75 Å². The summed E-state index contributed by atoms with van der Waals surface area (Å²) in [5.74, 6) is -0.938. The van der Waals surface area contributed by atoms with Gasteiger partial charge in [0.25, 0.3) is 5.91 Å². The van der Waals surface area contributed by atoms with Crippen molar-refractivity contribution in [1.29, 1.82) is 0 Å². The Bertz CT molecular complexity index is 775. The van der Waals surface area contributed by atoms with Gasteiger partial charge in [-0.25, -0.2) is 9.37 Å². The number of nitrogens with zero attached hydrogens (tertiary/aromatic N) is 1. The third-order valence-corrected chi connectivity index (χ3v) is 3.46. The molecule has 0 spiro atoms. The molecule has 0 aliphatic rings. The second-order valence-corrected chi connectivity index (χ2v) is 5.47. The van der Waals surface area contributed by atoms with Crippen LogP contribution in [0.15, 0.2) is 42.5 Å². The molecule has 25 heavy (non-hydrogen) atoms. The molecule has 0 aliphatic heterocycles. The van der Waals surface area contributed by atoms with Crippen LogP contribution in [0.3, 0.4) is 0 Å². The molecular weight excluding hydrogens is 321 g/mol. The zero-order valence-electron chi connectivity index (χ0n) is 14.4. The molecule has 2 rings (SSSR count). The van der Waals surface area contributed by atoms with Crippen molar-refractivity contribution in [2.75, 3.05) is 17.7 Å². The zero-order chi connectivity index (χ0) is 18.2. The molecule has 6 heteroatoms. The first kappa shape index (κ1) is 18.4. The molecule has 1 aromatic heterocycles. The molecule has 0 unspecified atom stereocenters. The first-order chi connectivity index (χ1) is 12.0. The summed E-state index contributed by atoms with van der Waals surface area (Å²) in [6.45, 7) is 4.17. The SMILES string of the molecule is CCC=CCCOc1cccc(NC(=O)c2ccc(C)nc2N)c1F. The van der Waals surface area contributed by atoms with Crippen molar-refractivity contribution in [2.45, 2.75) is 26.7 Å². The molecule has 132 valence electrons. The summed E-state index contributed by atoms with van der Waals surface area (Å²) in [6.07, 6.45) is 5.65. The molecule has 5 nitrogen and oxygen atoms in total. The summed E-state index contributed by atoms with van der Waals surface area (Å²) < 4.78 is 19.9. The van der Waals surface area contributed by atoms with E-state index < -0.39 is 11.7 Å². The summed E-state index contributed by atoms with van der Waals surface area (Å²) >= 11 is 0. The lowest BCUT2D eigenvalue weighted by molar-refractivity contribution is 0.102. The van der Waals surface area contributed by atoms with Crippen LogP contribution in [0, 0.1) is 12.7 Å². The summed E-state index contributed by atoms with van der Waals surface area (Å²) in [5.41, 5.74) is 6.68. The number of benzene rings is 1. The van der Waals surface area contributed by atoms with Gasteiger partial charge in [-0.3, -0.25) is 4.79 Å². The van der Waals surface area contributed by atoms with Gasteiger partial charge < -0.3 is 15.8 Å². The highest BCUT2D eigenvalue weighted by molar-refractivity contribution is 6.07. The van der Waals surface area contributed by atoms with E-state index in [0.717, 1.165) is 6.42 Å². The smallest absolute Gasteiger partial charge is 0.259 e. The number of allylic oxidation sites excluding steroid dienone is 1. The Morgan fingerprint density at radius 2 is 2.12 bits per heavy atom. The third kappa shape index (κ3) is 5.04. The van der Waals surface area contributed by atoms with Gasteiger partial charge in [0.1, 0.15) is 5.82 Å². The number of pyridine rings is 1. The van der Waals surface area contributed by atoms with Gasteiger partial charge in [-0.2, -0.15) is 0 Å². The van der Waals surface area contributed by atoms with Crippen LogP contribution in [0.2, 0.25) is 0 Å². The summed E-state index contributed by atoms with van der Waals surface area (Å²) in [7, 11) is 0. The summed E-state index contributed by atoms with van der Waals surface area (Å²) in [5, 5.41) is 2.51. The molecule has 0 aliphatic carbocycles. The number of nitrogens with one attached hydrogen (secondary N) is 1. The Morgan fingerprint density at radius 1 is 1.32 bits per heavy atom. The van der Waals surface area contributed by atoms with E-state index >= 15 is 0 Å². The zero-order valence-corrected chi connectivity index (χ0v) is 14.4. The van der Waals surface area contributed by atoms with Crippen molar-refractivity contribution in [2.24, 2.45) is 0 Å². The maximum absolute atomic E-state index is 14.5. The van der Waals surface area contributed by atoms with Crippen LogP contribution in [-0.4, -0.2) is 17.5 Å². The molecule has 0 fully saturated rings. The van der Waals surface area contributed by atoms with Crippen molar-refractivity contribution in [3.63, 3.8) is 0 Å². The minimum Gasteiger partial charge on any atom is -0.490 e. The highest BCUT2D eigenvalue weighted by Gasteiger charge is 2.15. The second-order valence-electron chi connectivity index (χ2n) is 5.47. The van der Waals surface area contributed by atoms with Gasteiger partial charge in [-0.1, -0.05) is 25.1 Å². The molecule has 1 aromatic carbocycles. The number of hydrogen-bond donors (Lipinski definition) is 2. The minimum absolute atomic E-state index is 0.0339. The van der Waals surface area contributed by atoms with Gasteiger partial charge in [-0.05, 0) is 44.0 Å². The van der Waals surface area contributed by atoms with E-state index in [1.165, 1.54) is 12.1 Å². The van der Waals surface area contributed by atoms with E-state index in [0.29, 0.717) is 18.7 Å². The van der Waals surface area contributed by atoms with Crippen molar-refractivity contribution in [3.05, 3.63) is 59.6 Å². The van der Waals surface area contributed by atoms with Gasteiger partial charge in [0, 0.05) is 5.69 Å². The van der Waals surface area contributed by atoms with Gasteiger partial charge in [0.2, 0.25) is 0 Å². The largest absolute Gasteiger partial charge is 0.490 e. The number of aryl methyl sites for hydroxylation is 1. The average Bonchev–Trinajstić information content (AvgIpc) is 2.57. The molecule has 1 heterocycles. The fourth-order valence-electron chi connectivity index (χ4n) is 2.20. The van der Waals surface area contributed by atoms with Gasteiger partial charge in [-0.15, -0.1) is 0 Å². The van der Waals surface area contributed by atoms with Crippen LogP contribution in [-0.2, 0) is 0 Å². The lowest BCUT2D eigenvalue weighted by Crippen LogP contribution is -2.16. The maximum Gasteiger partial charge on any atom is 0.259 e. The summed E-state index contributed by atoms with van der Waals surface area (Å²) in [4.78, 5) is 16.3. The number of halogens is 1. The molecule has 1 amide bonds. The van der Waals surface area contributed by atoms with E-state index in [-0.39, 0.29) is 22.8 Å². The normalized spacial score (nSPS) is 10.8. The number of aromatic nitrogens is 1. The number of nitrogens with two attached hydrogens (primary N) is 1. The number of carbonyl (C=O) groups is 1. The molecule has 0 saturated heterocycles. The fraction of sp³-hybridized carbons (Fsp3) is 0.263. The first-order valence-electron chi connectivity index (χ1n) is 8.13. The molecule has 3 N–H and O–H groups in total. The molecule has 0 bridgehead atoms. The quantitative estimate of drug-likeness (QED) is 0.586. The van der Waals surface area contributed by atoms with Crippen LogP contribution < -0.4 is 15.8 Å². The van der Waals surface area contributed by atoms with Crippen LogP contribution in [0.4, 0.5) is 15.9 Å². The van der Waals surface area contributed by atoms with Crippen LogP contribution in [0.25, 0.3) is 0 Å². The molecule has 2 aromatic rings. The maximum atomic E-state index is 14.5. The highest BCUT2D eigenvalue weighted by atomic mass is 19.1. The van der Waals surface area contributed by atoms with E-state index in [4.69, 9.17) is 10.5 Å².